The largest absolute Gasteiger partial charge is 0.389 e. The first-order valence-electron chi connectivity index (χ1n) is 5.41. The number of ketones is 1. The van der Waals surface area contributed by atoms with E-state index in [0.717, 1.165) is 30.6 Å². The molecule has 1 aromatic heterocycles. The first-order chi connectivity index (χ1) is 7.11. The molecule has 0 aromatic carbocycles. The fraction of sp³-hybridized carbons (Fsp3) is 0.583. The molecule has 0 radical (unpaired) electrons. The summed E-state index contributed by atoms with van der Waals surface area (Å²) in [5.74, 6) is -0.0837. The highest BCUT2D eigenvalue weighted by molar-refractivity contribution is 7.12. The molecule has 2 nitrogen and oxygen atoms in total. The molecule has 0 spiro atoms. The van der Waals surface area contributed by atoms with Crippen molar-refractivity contribution in [2.75, 3.05) is 0 Å². The summed E-state index contributed by atoms with van der Waals surface area (Å²) in [4.78, 5) is 12.9. The van der Waals surface area contributed by atoms with Gasteiger partial charge in [-0.2, -0.15) is 0 Å². The van der Waals surface area contributed by atoms with E-state index in [-0.39, 0.29) is 11.7 Å². The van der Waals surface area contributed by atoms with Crippen LogP contribution in [-0.2, 0) is 0 Å². The fourth-order valence-corrected chi connectivity index (χ4v) is 3.04. The van der Waals surface area contributed by atoms with Crippen molar-refractivity contribution >= 4 is 17.1 Å². The second-order valence-corrected chi connectivity index (χ2v) is 5.44. The zero-order valence-electron chi connectivity index (χ0n) is 8.90. The van der Waals surface area contributed by atoms with E-state index in [4.69, 9.17) is 0 Å². The summed E-state index contributed by atoms with van der Waals surface area (Å²) < 4.78 is 0. The van der Waals surface area contributed by atoms with Crippen LogP contribution in [0.1, 0.15) is 42.3 Å². The average molecular weight is 224 g/mol. The first-order valence-corrected chi connectivity index (χ1v) is 6.29. The maximum absolute atomic E-state index is 12.1. The van der Waals surface area contributed by atoms with E-state index in [9.17, 15) is 9.90 Å². The van der Waals surface area contributed by atoms with Crippen LogP contribution in [0.15, 0.2) is 17.5 Å². The van der Waals surface area contributed by atoms with Gasteiger partial charge in [0.15, 0.2) is 5.78 Å². The highest BCUT2D eigenvalue weighted by Gasteiger charge is 2.39. The van der Waals surface area contributed by atoms with E-state index >= 15 is 0 Å². The van der Waals surface area contributed by atoms with Crippen LogP contribution < -0.4 is 0 Å². The van der Waals surface area contributed by atoms with Crippen molar-refractivity contribution in [3.63, 3.8) is 0 Å². The quantitative estimate of drug-likeness (QED) is 0.784. The molecule has 1 aromatic rings. The summed E-state index contributed by atoms with van der Waals surface area (Å²) in [7, 11) is 0. The van der Waals surface area contributed by atoms with Gasteiger partial charge in [0.2, 0.25) is 0 Å². The van der Waals surface area contributed by atoms with Gasteiger partial charge in [-0.05, 0) is 31.2 Å². The molecule has 82 valence electrons. The zero-order valence-corrected chi connectivity index (χ0v) is 9.72. The topological polar surface area (TPSA) is 37.3 Å². The van der Waals surface area contributed by atoms with E-state index in [0.29, 0.717) is 0 Å². The van der Waals surface area contributed by atoms with Gasteiger partial charge in [-0.3, -0.25) is 4.79 Å². The number of hydrogen-bond donors (Lipinski definition) is 1. The number of rotatable bonds is 2. The molecule has 1 fully saturated rings. The Labute approximate surface area is 93.9 Å². The van der Waals surface area contributed by atoms with Crippen LogP contribution in [0.4, 0.5) is 0 Å². The second kappa shape index (κ2) is 4.06. The fourth-order valence-electron chi connectivity index (χ4n) is 2.32. The minimum absolute atomic E-state index is 0.120. The van der Waals surface area contributed by atoms with Crippen molar-refractivity contribution < 1.29 is 9.90 Å². The molecular weight excluding hydrogens is 208 g/mol. The highest BCUT2D eigenvalue weighted by atomic mass is 32.1. The van der Waals surface area contributed by atoms with Crippen molar-refractivity contribution in [2.45, 2.75) is 38.2 Å². The van der Waals surface area contributed by atoms with Gasteiger partial charge in [-0.1, -0.05) is 18.9 Å². The third-order valence-corrected chi connectivity index (χ3v) is 4.14. The van der Waals surface area contributed by atoms with E-state index in [1.807, 2.05) is 17.5 Å². The Kier molecular flexibility index (Phi) is 2.94. The maximum Gasteiger partial charge on any atom is 0.178 e. The molecule has 15 heavy (non-hydrogen) atoms. The molecule has 1 aliphatic carbocycles. The molecule has 0 bridgehead atoms. The Bertz CT molecular complexity index is 341. The molecule has 1 N–H and O–H groups in total. The molecular formula is C12H16O2S. The lowest BCUT2D eigenvalue weighted by Crippen LogP contribution is -2.41. The molecule has 0 unspecified atom stereocenters. The van der Waals surface area contributed by atoms with Crippen LogP contribution in [0.25, 0.3) is 0 Å². The van der Waals surface area contributed by atoms with Gasteiger partial charge >= 0.3 is 0 Å². The lowest BCUT2D eigenvalue weighted by atomic mass is 9.74. The standard InChI is InChI=1S/C12H16O2S/c1-12(14)7-3-2-5-9(12)11(13)10-6-4-8-15-10/h4,6,8-9,14H,2-3,5,7H2,1H3/t9-,12-/m0/s1. The molecule has 0 aliphatic heterocycles. The molecule has 1 saturated carbocycles. The van der Waals surface area contributed by atoms with Crippen LogP contribution in [0.3, 0.4) is 0 Å². The molecule has 0 saturated heterocycles. The smallest absolute Gasteiger partial charge is 0.178 e. The van der Waals surface area contributed by atoms with Crippen LogP contribution >= 0.6 is 11.3 Å². The highest BCUT2D eigenvalue weighted by Crippen LogP contribution is 2.36. The predicted molar refractivity (Wildman–Crippen MR) is 61.2 cm³/mol. The average Bonchev–Trinajstić information content (AvgIpc) is 2.69. The number of hydrogen-bond acceptors (Lipinski definition) is 3. The van der Waals surface area contributed by atoms with Crippen molar-refractivity contribution in [3.8, 4) is 0 Å². The van der Waals surface area contributed by atoms with Crippen LogP contribution in [0.2, 0.25) is 0 Å². The van der Waals surface area contributed by atoms with Crippen LogP contribution in [0.5, 0.6) is 0 Å². The minimum atomic E-state index is -0.806. The number of thiophene rings is 1. The second-order valence-electron chi connectivity index (χ2n) is 4.50. The van der Waals surface area contributed by atoms with Crippen molar-refractivity contribution in [2.24, 2.45) is 5.92 Å². The number of Topliss-reactive ketones (excluding diaryl/α,β-unsaturated/α-hetero) is 1. The van der Waals surface area contributed by atoms with Crippen molar-refractivity contribution in [3.05, 3.63) is 22.4 Å². The van der Waals surface area contributed by atoms with Gasteiger partial charge in [-0.15, -0.1) is 11.3 Å². The third-order valence-electron chi connectivity index (χ3n) is 3.26. The summed E-state index contributed by atoms with van der Waals surface area (Å²) >= 11 is 1.46. The maximum atomic E-state index is 12.1. The molecule has 1 aliphatic rings. The van der Waals surface area contributed by atoms with E-state index in [2.05, 4.69) is 0 Å². The lowest BCUT2D eigenvalue weighted by Gasteiger charge is -2.35. The SMILES string of the molecule is C[C@]1(O)CCCC[C@H]1C(=O)c1cccs1. The monoisotopic (exact) mass is 224 g/mol. The molecule has 2 rings (SSSR count). The molecule has 1 heterocycles. The van der Waals surface area contributed by atoms with E-state index in [1.54, 1.807) is 6.92 Å². The Morgan fingerprint density at radius 1 is 1.60 bits per heavy atom. The van der Waals surface area contributed by atoms with Crippen molar-refractivity contribution in [1.82, 2.24) is 0 Å². The molecule has 0 amide bonds. The van der Waals surface area contributed by atoms with Crippen molar-refractivity contribution in [1.29, 1.82) is 0 Å². The normalized spacial score (nSPS) is 31.5. The minimum Gasteiger partial charge on any atom is -0.389 e. The van der Waals surface area contributed by atoms with Crippen LogP contribution in [-0.4, -0.2) is 16.5 Å². The Morgan fingerprint density at radius 2 is 2.40 bits per heavy atom. The number of aliphatic hydroxyl groups is 1. The predicted octanol–water partition coefficient (Wildman–Crippen LogP) is 2.87. The summed E-state index contributed by atoms with van der Waals surface area (Å²) in [5, 5.41) is 12.1. The zero-order chi connectivity index (χ0) is 10.9. The molecule has 2 atom stereocenters. The van der Waals surface area contributed by atoms with Gasteiger partial charge < -0.3 is 5.11 Å². The summed E-state index contributed by atoms with van der Waals surface area (Å²) in [6.45, 7) is 1.79. The van der Waals surface area contributed by atoms with Gasteiger partial charge in [-0.25, -0.2) is 0 Å². The first kappa shape index (κ1) is 10.8. The Hall–Kier alpha value is -0.670. The number of carbonyl (C=O) groups excluding carboxylic acids is 1. The Balaban J connectivity index is 2.19. The summed E-state index contributed by atoms with van der Waals surface area (Å²) in [5.41, 5.74) is -0.806. The lowest BCUT2D eigenvalue weighted by molar-refractivity contribution is -0.0209. The van der Waals surface area contributed by atoms with Crippen LogP contribution in [0, 0.1) is 5.92 Å². The van der Waals surface area contributed by atoms with Gasteiger partial charge in [0.25, 0.3) is 0 Å². The number of carbonyl (C=O) groups is 1. The van der Waals surface area contributed by atoms with E-state index < -0.39 is 5.60 Å². The van der Waals surface area contributed by atoms with Gasteiger partial charge in [0, 0.05) is 0 Å². The van der Waals surface area contributed by atoms with Gasteiger partial charge in [0.05, 0.1) is 16.4 Å². The summed E-state index contributed by atoms with van der Waals surface area (Å²) in [6, 6.07) is 3.73. The van der Waals surface area contributed by atoms with Gasteiger partial charge in [0.1, 0.15) is 0 Å². The van der Waals surface area contributed by atoms with E-state index in [1.165, 1.54) is 11.3 Å². The summed E-state index contributed by atoms with van der Waals surface area (Å²) in [6.07, 6.45) is 3.65. The molecule has 3 heteroatoms. The third kappa shape index (κ3) is 2.13. The Morgan fingerprint density at radius 3 is 3.00 bits per heavy atom.